The third kappa shape index (κ3) is 7.35. The second-order valence-electron chi connectivity index (χ2n) is 9.33. The molecule has 3 N–H and O–H groups in total. The number of benzene rings is 3. The van der Waals surface area contributed by atoms with E-state index in [0.717, 1.165) is 28.0 Å². The highest BCUT2D eigenvalue weighted by Gasteiger charge is 2.18. The van der Waals surface area contributed by atoms with Crippen LogP contribution in [-0.2, 0) is 9.59 Å². The van der Waals surface area contributed by atoms with Gasteiger partial charge in [-0.2, -0.15) is 0 Å². The largest absolute Gasteiger partial charge is 0.497 e. The molecular formula is C29H31N7O4S. The van der Waals surface area contributed by atoms with E-state index >= 15 is 0 Å². The van der Waals surface area contributed by atoms with E-state index in [2.05, 4.69) is 15.4 Å². The maximum absolute atomic E-state index is 12.7. The molecule has 0 radical (unpaired) electrons. The smallest absolute Gasteiger partial charge is 0.238 e. The van der Waals surface area contributed by atoms with E-state index in [1.807, 2.05) is 65.6 Å². The number of para-hydroxylation sites is 2. The van der Waals surface area contributed by atoms with E-state index in [1.165, 1.54) is 11.9 Å². The normalized spacial score (nSPS) is 13.5. The number of rotatable bonds is 11. The molecule has 2 amide bonds. The summed E-state index contributed by atoms with van der Waals surface area (Å²) < 4.78 is 14.1. The Labute approximate surface area is 242 Å². The molecule has 212 valence electrons. The average molecular weight is 574 g/mol. The molecule has 41 heavy (non-hydrogen) atoms. The van der Waals surface area contributed by atoms with Crippen molar-refractivity contribution in [3.05, 3.63) is 66.7 Å². The molecule has 5 rings (SSSR count). The first-order valence-electron chi connectivity index (χ1n) is 13.0. The lowest BCUT2D eigenvalue weighted by atomic mass is 10.2. The van der Waals surface area contributed by atoms with E-state index in [4.69, 9.17) is 19.4 Å². The van der Waals surface area contributed by atoms with E-state index in [9.17, 15) is 9.59 Å². The van der Waals surface area contributed by atoms with Crippen LogP contribution < -0.4 is 24.8 Å². The average Bonchev–Trinajstić information content (AvgIpc) is 3.00. The first-order valence-corrected chi connectivity index (χ1v) is 13.9. The quantitative estimate of drug-likeness (QED) is 0.178. The van der Waals surface area contributed by atoms with Crippen molar-refractivity contribution in [1.29, 1.82) is 0 Å². The minimum atomic E-state index is -0.0970. The fourth-order valence-corrected chi connectivity index (χ4v) is 5.04. The Kier molecular flexibility index (Phi) is 9.02. The third-order valence-electron chi connectivity index (χ3n) is 6.49. The van der Waals surface area contributed by atoms with Crippen LogP contribution in [0.5, 0.6) is 11.5 Å². The monoisotopic (exact) mass is 573 g/mol. The van der Waals surface area contributed by atoms with Crippen LogP contribution in [0.15, 0.2) is 71.6 Å². The number of hydrogen-bond acceptors (Lipinski definition) is 10. The molecule has 0 saturated carbocycles. The standard InChI is InChI=1S/C29H31N7O4S/c1-39-22-14-21(15-23(17-22)40-2)31-28-29(33-26-9-4-3-8-25(26)32-28)34-41-24-7-5-6-20(16-24)30-27(38)18-35-10-12-36(19-37)13-11-35/h3-9,14-17,19H,10-13,18H2,1-2H3,(H,30,38)(H,31,32)(H,33,34). The molecule has 0 bridgehead atoms. The van der Waals surface area contributed by atoms with Gasteiger partial charge in [0.15, 0.2) is 11.6 Å². The number of hydrogen-bond donors (Lipinski definition) is 3. The lowest BCUT2D eigenvalue weighted by molar-refractivity contribution is -0.120. The van der Waals surface area contributed by atoms with Gasteiger partial charge in [0.05, 0.1) is 31.8 Å². The van der Waals surface area contributed by atoms with Gasteiger partial charge in [0, 0.05) is 60.6 Å². The number of fused-ring (bicyclic) bond motifs is 1. The van der Waals surface area contributed by atoms with E-state index < -0.39 is 0 Å². The number of piperazine rings is 1. The van der Waals surface area contributed by atoms with Gasteiger partial charge in [0.1, 0.15) is 11.5 Å². The van der Waals surface area contributed by atoms with Crippen LogP contribution in [0.25, 0.3) is 11.0 Å². The Morgan fingerprint density at radius 1 is 0.878 bits per heavy atom. The van der Waals surface area contributed by atoms with Gasteiger partial charge in [-0.05, 0) is 42.3 Å². The van der Waals surface area contributed by atoms with Crippen molar-refractivity contribution in [3.63, 3.8) is 0 Å². The topological polar surface area (TPSA) is 121 Å². The summed E-state index contributed by atoms with van der Waals surface area (Å²) in [6.07, 6.45) is 0.854. The van der Waals surface area contributed by atoms with Crippen molar-refractivity contribution in [2.75, 3.05) is 62.3 Å². The number of carbonyl (C=O) groups excluding carboxylic acids is 2. The highest BCUT2D eigenvalue weighted by atomic mass is 32.2. The Balaban J connectivity index is 1.29. The summed E-state index contributed by atoms with van der Waals surface area (Å²) in [6.45, 7) is 2.90. The molecular weight excluding hydrogens is 542 g/mol. The molecule has 1 saturated heterocycles. The van der Waals surface area contributed by atoms with Crippen molar-refractivity contribution >= 4 is 58.3 Å². The molecule has 0 unspecified atom stereocenters. The van der Waals surface area contributed by atoms with E-state index in [0.29, 0.717) is 55.0 Å². The number of amides is 2. The minimum Gasteiger partial charge on any atom is -0.497 e. The van der Waals surface area contributed by atoms with Crippen LogP contribution in [0.3, 0.4) is 0 Å². The van der Waals surface area contributed by atoms with Gasteiger partial charge < -0.3 is 29.7 Å². The predicted octanol–water partition coefficient (Wildman–Crippen LogP) is 4.22. The Bertz CT molecular complexity index is 1510. The van der Waals surface area contributed by atoms with Gasteiger partial charge in [-0.25, -0.2) is 9.97 Å². The molecule has 4 aromatic rings. The fraction of sp³-hybridized carbons (Fsp3) is 0.241. The van der Waals surface area contributed by atoms with Crippen molar-refractivity contribution < 1.29 is 19.1 Å². The highest BCUT2D eigenvalue weighted by molar-refractivity contribution is 8.00. The Morgan fingerprint density at radius 3 is 2.22 bits per heavy atom. The molecule has 0 spiro atoms. The fourth-order valence-electron chi connectivity index (χ4n) is 4.35. The van der Waals surface area contributed by atoms with Crippen LogP contribution in [0.4, 0.5) is 23.0 Å². The molecule has 11 nitrogen and oxygen atoms in total. The van der Waals surface area contributed by atoms with Gasteiger partial charge in [0.25, 0.3) is 0 Å². The molecule has 1 fully saturated rings. The molecule has 1 aliphatic rings. The van der Waals surface area contributed by atoms with Gasteiger partial charge in [-0.1, -0.05) is 18.2 Å². The molecule has 0 aliphatic carbocycles. The van der Waals surface area contributed by atoms with Gasteiger partial charge in [0.2, 0.25) is 12.3 Å². The van der Waals surface area contributed by atoms with E-state index in [1.54, 1.807) is 25.2 Å². The summed E-state index contributed by atoms with van der Waals surface area (Å²) in [6, 6.07) is 20.7. The SMILES string of the molecule is COc1cc(Nc2nc3ccccc3nc2NSc2cccc(NC(=O)CN3CCN(C=O)CC3)c2)cc(OC)c1. The number of anilines is 4. The van der Waals surface area contributed by atoms with Crippen molar-refractivity contribution in [3.8, 4) is 11.5 Å². The summed E-state index contributed by atoms with van der Waals surface area (Å²) in [5.41, 5.74) is 2.92. The van der Waals surface area contributed by atoms with Crippen LogP contribution in [0.2, 0.25) is 0 Å². The number of nitrogens with one attached hydrogen (secondary N) is 3. The van der Waals surface area contributed by atoms with Crippen LogP contribution in [0, 0.1) is 0 Å². The molecule has 2 heterocycles. The first kappa shape index (κ1) is 28.0. The molecule has 1 aromatic heterocycles. The zero-order chi connectivity index (χ0) is 28.6. The lowest BCUT2D eigenvalue weighted by Gasteiger charge is -2.31. The maximum Gasteiger partial charge on any atom is 0.238 e. The van der Waals surface area contributed by atoms with Gasteiger partial charge >= 0.3 is 0 Å². The molecule has 12 heteroatoms. The van der Waals surface area contributed by atoms with Crippen molar-refractivity contribution in [2.24, 2.45) is 0 Å². The second-order valence-corrected chi connectivity index (χ2v) is 10.2. The first-order chi connectivity index (χ1) is 20.0. The summed E-state index contributed by atoms with van der Waals surface area (Å²) in [5.74, 6) is 2.27. The van der Waals surface area contributed by atoms with Crippen LogP contribution >= 0.6 is 11.9 Å². The van der Waals surface area contributed by atoms with Crippen molar-refractivity contribution in [2.45, 2.75) is 4.90 Å². The number of aromatic nitrogens is 2. The third-order valence-corrected chi connectivity index (χ3v) is 7.28. The summed E-state index contributed by atoms with van der Waals surface area (Å²) in [5, 5.41) is 6.31. The zero-order valence-corrected chi connectivity index (χ0v) is 23.6. The highest BCUT2D eigenvalue weighted by Crippen LogP contribution is 2.32. The molecule has 3 aromatic carbocycles. The lowest BCUT2D eigenvalue weighted by Crippen LogP contribution is -2.48. The Morgan fingerprint density at radius 2 is 1.56 bits per heavy atom. The van der Waals surface area contributed by atoms with E-state index in [-0.39, 0.29) is 12.5 Å². The molecule has 1 aliphatic heterocycles. The Hall–Kier alpha value is -4.55. The summed E-state index contributed by atoms with van der Waals surface area (Å²) >= 11 is 1.36. The number of carbonyl (C=O) groups is 2. The predicted molar refractivity (Wildman–Crippen MR) is 161 cm³/mol. The number of nitrogens with zero attached hydrogens (tertiary/aromatic N) is 4. The minimum absolute atomic E-state index is 0.0970. The summed E-state index contributed by atoms with van der Waals surface area (Å²) in [7, 11) is 3.20. The number of ether oxygens (including phenoxy) is 2. The molecule has 0 atom stereocenters. The second kappa shape index (κ2) is 13.2. The van der Waals surface area contributed by atoms with Crippen LogP contribution in [-0.4, -0.2) is 79.0 Å². The summed E-state index contributed by atoms with van der Waals surface area (Å²) in [4.78, 5) is 37.8. The zero-order valence-electron chi connectivity index (χ0n) is 22.8. The number of methoxy groups -OCH3 is 2. The maximum atomic E-state index is 12.7. The van der Waals surface area contributed by atoms with Gasteiger partial charge in [-0.3, -0.25) is 14.5 Å². The van der Waals surface area contributed by atoms with Crippen LogP contribution in [0.1, 0.15) is 0 Å². The van der Waals surface area contributed by atoms with Gasteiger partial charge in [-0.15, -0.1) is 0 Å². The van der Waals surface area contributed by atoms with Crippen molar-refractivity contribution in [1.82, 2.24) is 19.8 Å².